The molecule has 2 N–H and O–H groups in total. The molecule has 2 aromatic carbocycles. The number of hydrogen-bond donors (Lipinski definition) is 2. The van der Waals surface area contributed by atoms with Crippen LogP contribution in [-0.2, 0) is 14.3 Å². The predicted octanol–water partition coefficient (Wildman–Crippen LogP) is 5.09. The lowest BCUT2D eigenvalue weighted by Crippen LogP contribution is -2.25. The molecule has 31 heavy (non-hydrogen) atoms. The van der Waals surface area contributed by atoms with Crippen LogP contribution in [-0.4, -0.2) is 37.0 Å². The quantitative estimate of drug-likeness (QED) is 0.606. The van der Waals surface area contributed by atoms with Gasteiger partial charge >= 0.3 is 12.1 Å². The first kappa shape index (κ1) is 22.7. The maximum Gasteiger partial charge on any atom is 0.411 e. The normalized spacial score (nSPS) is 18.4. The number of carboxylic acid groups (broad SMARTS) is 1. The van der Waals surface area contributed by atoms with Crippen molar-refractivity contribution in [2.45, 2.75) is 25.7 Å². The van der Waals surface area contributed by atoms with Gasteiger partial charge in [0, 0.05) is 11.3 Å². The zero-order valence-corrected chi connectivity index (χ0v) is 17.0. The highest BCUT2D eigenvalue weighted by molar-refractivity contribution is 5.85. The topological polar surface area (TPSA) is 84.9 Å². The Morgan fingerprint density at radius 1 is 0.968 bits per heavy atom. The molecule has 0 unspecified atom stereocenters. The predicted molar refractivity (Wildman–Crippen MR) is 111 cm³/mol. The summed E-state index contributed by atoms with van der Waals surface area (Å²) in [6.45, 7) is 0.471. The van der Waals surface area contributed by atoms with Gasteiger partial charge in [-0.3, -0.25) is 5.32 Å². The molecule has 3 rings (SSSR count). The monoisotopic (exact) mass is 433 g/mol. The Labute approximate surface area is 179 Å². The van der Waals surface area contributed by atoms with Gasteiger partial charge in [-0.2, -0.15) is 0 Å². The summed E-state index contributed by atoms with van der Waals surface area (Å²) in [6.07, 6.45) is 3.03. The third-order valence-corrected chi connectivity index (χ3v) is 5.39. The molecule has 0 saturated heterocycles. The lowest BCUT2D eigenvalue weighted by atomic mass is 9.83. The number of benzene rings is 2. The molecule has 166 valence electrons. The molecule has 2 aromatic rings. The van der Waals surface area contributed by atoms with Gasteiger partial charge in [-0.25, -0.2) is 18.4 Å². The van der Waals surface area contributed by atoms with E-state index < -0.39 is 23.7 Å². The average molecular weight is 433 g/mol. The third kappa shape index (κ3) is 6.75. The van der Waals surface area contributed by atoms with E-state index in [1.807, 2.05) is 0 Å². The van der Waals surface area contributed by atoms with Crippen LogP contribution in [0, 0.1) is 23.5 Å². The molecule has 0 heterocycles. The van der Waals surface area contributed by atoms with Gasteiger partial charge < -0.3 is 14.6 Å². The van der Waals surface area contributed by atoms with Crippen LogP contribution in [0.1, 0.15) is 25.7 Å². The Balaban J connectivity index is 1.40. The van der Waals surface area contributed by atoms with Crippen LogP contribution in [0.3, 0.4) is 0 Å². The lowest BCUT2D eigenvalue weighted by Gasteiger charge is -2.27. The molecule has 0 spiro atoms. The van der Waals surface area contributed by atoms with E-state index in [9.17, 15) is 18.4 Å². The van der Waals surface area contributed by atoms with Crippen LogP contribution in [0.5, 0.6) is 0 Å². The highest BCUT2D eigenvalue weighted by atomic mass is 19.2. The number of carbonyl (C=O) groups is 2. The minimum atomic E-state index is -0.969. The fraction of sp³-hybridized carbons (Fsp3) is 0.391. The minimum absolute atomic E-state index is 0.151. The number of nitrogens with one attached hydrogen (secondary N) is 1. The third-order valence-electron chi connectivity index (χ3n) is 5.39. The zero-order chi connectivity index (χ0) is 22.2. The molecular weight excluding hydrogens is 408 g/mol. The molecule has 1 fully saturated rings. The van der Waals surface area contributed by atoms with Crippen molar-refractivity contribution in [3.63, 3.8) is 0 Å². The molecular formula is C23H25F2NO5. The van der Waals surface area contributed by atoms with Crippen LogP contribution in [0.15, 0.2) is 42.5 Å². The van der Waals surface area contributed by atoms with E-state index in [2.05, 4.69) is 5.32 Å². The number of halogens is 2. The molecule has 0 atom stereocenters. The first-order chi connectivity index (χ1) is 14.9. The van der Waals surface area contributed by atoms with Gasteiger partial charge in [0.2, 0.25) is 0 Å². The van der Waals surface area contributed by atoms with E-state index >= 15 is 0 Å². The van der Waals surface area contributed by atoms with E-state index in [4.69, 9.17) is 14.6 Å². The van der Waals surface area contributed by atoms with E-state index in [1.54, 1.807) is 24.3 Å². The maximum atomic E-state index is 13.9. The van der Waals surface area contributed by atoms with Gasteiger partial charge in [-0.15, -0.1) is 0 Å². The molecule has 1 saturated carbocycles. The summed E-state index contributed by atoms with van der Waals surface area (Å²) in [5, 5.41) is 11.2. The number of carbonyl (C=O) groups excluding carboxylic acids is 1. The fourth-order valence-corrected chi connectivity index (χ4v) is 3.69. The fourth-order valence-electron chi connectivity index (χ4n) is 3.69. The first-order valence-electron chi connectivity index (χ1n) is 10.2. The van der Waals surface area contributed by atoms with E-state index in [1.165, 1.54) is 12.1 Å². The summed E-state index contributed by atoms with van der Waals surface area (Å²) in [4.78, 5) is 22.5. The van der Waals surface area contributed by atoms with Crippen molar-refractivity contribution >= 4 is 17.7 Å². The molecule has 8 heteroatoms. The van der Waals surface area contributed by atoms with E-state index in [0.717, 1.165) is 31.7 Å². The molecule has 0 radical (unpaired) electrons. The van der Waals surface area contributed by atoms with Crippen LogP contribution in [0.4, 0.5) is 19.3 Å². The zero-order valence-electron chi connectivity index (χ0n) is 17.0. The van der Waals surface area contributed by atoms with Gasteiger partial charge in [0.15, 0.2) is 11.6 Å². The molecule has 6 nitrogen and oxygen atoms in total. The summed E-state index contributed by atoms with van der Waals surface area (Å²) in [5.41, 5.74) is 1.14. The standard InChI is InChI=1S/C23H25F2NO5/c24-20-3-1-2-19(22(20)25)17-8-10-18(11-9-17)26-23(29)31-13-16-6-4-15(5-7-16)12-30-14-21(27)28/h1-3,8-11,15-16H,4-7,12-14H2,(H,26,29)(H,27,28)/t15-,16-. The Hall–Kier alpha value is -3.00. The Bertz CT molecular complexity index is 895. The average Bonchev–Trinajstić information content (AvgIpc) is 2.75. The molecule has 1 aliphatic carbocycles. The Morgan fingerprint density at radius 3 is 2.26 bits per heavy atom. The van der Waals surface area contributed by atoms with Crippen molar-refractivity contribution in [1.29, 1.82) is 0 Å². The van der Waals surface area contributed by atoms with Gasteiger partial charge in [0.25, 0.3) is 0 Å². The van der Waals surface area contributed by atoms with Gasteiger partial charge in [-0.05, 0) is 61.3 Å². The summed E-state index contributed by atoms with van der Waals surface area (Å²) < 4.78 is 37.7. The number of amides is 1. The molecule has 1 amide bonds. The van der Waals surface area contributed by atoms with Crippen LogP contribution in [0.2, 0.25) is 0 Å². The number of carboxylic acids is 1. The SMILES string of the molecule is O=C(O)COC[C@H]1CC[C@H](COC(=O)Nc2ccc(-c3cccc(F)c3F)cc2)CC1. The largest absolute Gasteiger partial charge is 0.480 e. The number of hydrogen-bond acceptors (Lipinski definition) is 4. The van der Waals surface area contributed by atoms with Crippen LogP contribution < -0.4 is 5.32 Å². The van der Waals surface area contributed by atoms with Crippen molar-refractivity contribution < 1.29 is 33.0 Å². The summed E-state index contributed by atoms with van der Waals surface area (Å²) in [7, 11) is 0. The van der Waals surface area contributed by atoms with Crippen molar-refractivity contribution in [3.8, 4) is 11.1 Å². The second-order valence-electron chi connectivity index (χ2n) is 7.70. The van der Waals surface area contributed by atoms with E-state index in [0.29, 0.717) is 30.4 Å². The van der Waals surface area contributed by atoms with Gasteiger partial charge in [-0.1, -0.05) is 24.3 Å². The summed E-state index contributed by atoms with van der Waals surface area (Å²) >= 11 is 0. The van der Waals surface area contributed by atoms with Crippen molar-refractivity contribution in [2.75, 3.05) is 25.1 Å². The summed E-state index contributed by atoms with van der Waals surface area (Å²) in [6, 6.07) is 10.4. The summed E-state index contributed by atoms with van der Waals surface area (Å²) in [5.74, 6) is -2.19. The smallest absolute Gasteiger partial charge is 0.411 e. The van der Waals surface area contributed by atoms with Crippen LogP contribution in [0.25, 0.3) is 11.1 Å². The minimum Gasteiger partial charge on any atom is -0.480 e. The second-order valence-corrected chi connectivity index (χ2v) is 7.70. The van der Waals surface area contributed by atoms with E-state index in [-0.39, 0.29) is 18.1 Å². The van der Waals surface area contributed by atoms with Crippen molar-refractivity contribution in [3.05, 3.63) is 54.1 Å². The molecule has 0 bridgehead atoms. The van der Waals surface area contributed by atoms with Crippen LogP contribution >= 0.6 is 0 Å². The molecule has 0 aliphatic heterocycles. The second kappa shape index (κ2) is 10.9. The lowest BCUT2D eigenvalue weighted by molar-refractivity contribution is -0.142. The first-order valence-corrected chi connectivity index (χ1v) is 10.2. The van der Waals surface area contributed by atoms with Gasteiger partial charge in [0.05, 0.1) is 13.2 Å². The number of anilines is 1. The number of ether oxygens (including phenoxy) is 2. The Kier molecular flexibility index (Phi) is 7.94. The molecule has 0 aromatic heterocycles. The highest BCUT2D eigenvalue weighted by Gasteiger charge is 2.22. The van der Waals surface area contributed by atoms with Gasteiger partial charge in [0.1, 0.15) is 6.61 Å². The Morgan fingerprint density at radius 2 is 1.61 bits per heavy atom. The van der Waals surface area contributed by atoms with Crippen molar-refractivity contribution in [2.24, 2.45) is 11.8 Å². The number of rotatable bonds is 8. The number of aliphatic carboxylic acids is 1. The highest BCUT2D eigenvalue weighted by Crippen LogP contribution is 2.29. The maximum absolute atomic E-state index is 13.9. The molecule has 1 aliphatic rings. The van der Waals surface area contributed by atoms with Crippen molar-refractivity contribution in [1.82, 2.24) is 0 Å².